The molecule has 17 heavy (non-hydrogen) atoms. The van der Waals surface area contributed by atoms with E-state index in [1.54, 1.807) is 0 Å². The molecular formula is C14H20NOY-. The van der Waals surface area contributed by atoms with Crippen LogP contribution in [0.25, 0.3) is 5.73 Å². The summed E-state index contributed by atoms with van der Waals surface area (Å²) in [7, 11) is 0. The van der Waals surface area contributed by atoms with Crippen LogP contribution in [0.3, 0.4) is 0 Å². The Morgan fingerprint density at radius 3 is 2.12 bits per heavy atom. The second-order valence-electron chi connectivity index (χ2n) is 4.68. The summed E-state index contributed by atoms with van der Waals surface area (Å²) >= 11 is 0. The van der Waals surface area contributed by atoms with Gasteiger partial charge in [0.15, 0.2) is 0 Å². The molecule has 0 heterocycles. The standard InChI is InChI=1S/C14H20NO.Y/c1-9(2)14(16)13(15)8-12-10(3)6-5-7-11(12)4;/h5-7,9,13,15H,8H2,1-4H3;/q-1;/t13-;/m1./s1. The quantitative estimate of drug-likeness (QED) is 0.839. The van der Waals surface area contributed by atoms with E-state index in [2.05, 4.69) is 0 Å². The third-order valence-electron chi connectivity index (χ3n) is 2.97. The van der Waals surface area contributed by atoms with Crippen molar-refractivity contribution in [2.45, 2.75) is 40.2 Å². The summed E-state index contributed by atoms with van der Waals surface area (Å²) in [5.74, 6) is -0.0190. The van der Waals surface area contributed by atoms with Gasteiger partial charge in [-0.1, -0.05) is 38.1 Å². The Labute approximate surface area is 129 Å². The van der Waals surface area contributed by atoms with Crippen LogP contribution in [0.1, 0.15) is 30.5 Å². The molecule has 0 aromatic heterocycles. The number of aryl methyl sites for hydroxylation is 2. The fraction of sp³-hybridized carbons (Fsp3) is 0.500. The maximum absolute atomic E-state index is 11.7. The van der Waals surface area contributed by atoms with E-state index in [1.165, 1.54) is 11.1 Å². The number of carbonyl (C=O) groups is 1. The summed E-state index contributed by atoms with van der Waals surface area (Å²) in [6.07, 6.45) is 0.537. The van der Waals surface area contributed by atoms with Crippen molar-refractivity contribution in [3.8, 4) is 0 Å². The average Bonchev–Trinajstić information content (AvgIpc) is 2.22. The van der Waals surface area contributed by atoms with Gasteiger partial charge in [-0.3, -0.25) is 0 Å². The van der Waals surface area contributed by atoms with Crippen LogP contribution in [0.2, 0.25) is 0 Å². The molecule has 0 aliphatic heterocycles. The molecule has 1 radical (unpaired) electrons. The second kappa shape index (κ2) is 7.40. The van der Waals surface area contributed by atoms with Crippen LogP contribution in [-0.2, 0) is 43.9 Å². The van der Waals surface area contributed by atoms with Gasteiger partial charge in [0.2, 0.25) is 0 Å². The molecule has 0 saturated heterocycles. The first-order valence-electron chi connectivity index (χ1n) is 5.73. The van der Waals surface area contributed by atoms with E-state index in [4.69, 9.17) is 5.73 Å². The number of ketones is 1. The van der Waals surface area contributed by atoms with Gasteiger partial charge >= 0.3 is 0 Å². The van der Waals surface area contributed by atoms with Gasteiger partial charge in [0, 0.05) is 38.6 Å². The van der Waals surface area contributed by atoms with Crippen molar-refractivity contribution < 1.29 is 37.5 Å². The van der Waals surface area contributed by atoms with Crippen molar-refractivity contribution in [1.82, 2.24) is 0 Å². The number of rotatable bonds is 4. The molecule has 0 aliphatic carbocycles. The largest absolute Gasteiger partial charge is 0.668 e. The van der Waals surface area contributed by atoms with E-state index in [1.807, 2.05) is 45.9 Å². The minimum atomic E-state index is -0.625. The van der Waals surface area contributed by atoms with Crippen molar-refractivity contribution in [2.24, 2.45) is 5.92 Å². The topological polar surface area (TPSA) is 40.9 Å². The Morgan fingerprint density at radius 1 is 1.24 bits per heavy atom. The molecule has 1 aromatic rings. The summed E-state index contributed by atoms with van der Waals surface area (Å²) in [5.41, 5.74) is 11.4. The fourth-order valence-corrected chi connectivity index (χ4v) is 1.88. The van der Waals surface area contributed by atoms with E-state index in [0.29, 0.717) is 6.42 Å². The van der Waals surface area contributed by atoms with Crippen LogP contribution in [0, 0.1) is 19.8 Å². The number of Topliss-reactive ketones (excluding diaryl/α,β-unsaturated/α-hetero) is 1. The van der Waals surface area contributed by atoms with Gasteiger partial charge in [-0.05, 0) is 37.0 Å². The Hall–Kier alpha value is -0.0461. The predicted molar refractivity (Wildman–Crippen MR) is 67.6 cm³/mol. The van der Waals surface area contributed by atoms with E-state index in [0.717, 1.165) is 5.56 Å². The summed E-state index contributed by atoms with van der Waals surface area (Å²) in [6, 6.07) is 5.46. The average molecular weight is 307 g/mol. The summed E-state index contributed by atoms with van der Waals surface area (Å²) in [4.78, 5) is 11.7. The molecule has 0 saturated carbocycles. The van der Waals surface area contributed by atoms with Gasteiger partial charge in [0.25, 0.3) is 0 Å². The smallest absolute Gasteiger partial charge is 0.118 e. The van der Waals surface area contributed by atoms with Gasteiger partial charge in [0.1, 0.15) is 5.78 Å². The molecule has 1 rings (SSSR count). The van der Waals surface area contributed by atoms with Gasteiger partial charge in [-0.2, -0.15) is 0 Å². The number of carbonyl (C=O) groups excluding carboxylic acids is 1. The van der Waals surface area contributed by atoms with Crippen molar-refractivity contribution >= 4 is 5.78 Å². The van der Waals surface area contributed by atoms with Gasteiger partial charge in [0.05, 0.1) is 0 Å². The molecule has 0 amide bonds. The Morgan fingerprint density at radius 2 is 1.71 bits per heavy atom. The number of nitrogens with one attached hydrogen (secondary N) is 1. The minimum Gasteiger partial charge on any atom is -0.668 e. The maximum Gasteiger partial charge on any atom is 0.118 e. The Balaban J connectivity index is 0.00000256. The molecule has 0 fully saturated rings. The number of hydrogen-bond acceptors (Lipinski definition) is 1. The normalized spacial score (nSPS) is 12.1. The van der Waals surface area contributed by atoms with E-state index >= 15 is 0 Å². The molecular weight excluding hydrogens is 287 g/mol. The van der Waals surface area contributed by atoms with Crippen LogP contribution in [0.15, 0.2) is 18.2 Å². The van der Waals surface area contributed by atoms with Crippen molar-refractivity contribution in [1.29, 1.82) is 0 Å². The molecule has 3 heteroatoms. The van der Waals surface area contributed by atoms with E-state index in [9.17, 15) is 4.79 Å². The van der Waals surface area contributed by atoms with E-state index < -0.39 is 6.04 Å². The Bertz CT molecular complexity index is 368. The third-order valence-corrected chi connectivity index (χ3v) is 2.97. The molecule has 2 nitrogen and oxygen atoms in total. The van der Waals surface area contributed by atoms with Crippen LogP contribution in [-0.4, -0.2) is 11.8 Å². The predicted octanol–water partition coefficient (Wildman–Crippen LogP) is 3.49. The molecule has 0 spiro atoms. The van der Waals surface area contributed by atoms with Crippen LogP contribution in [0.5, 0.6) is 0 Å². The van der Waals surface area contributed by atoms with Crippen LogP contribution >= 0.6 is 0 Å². The molecule has 1 N–H and O–H groups in total. The zero-order valence-electron chi connectivity index (χ0n) is 11.1. The fourth-order valence-electron chi connectivity index (χ4n) is 1.88. The zero-order chi connectivity index (χ0) is 12.3. The van der Waals surface area contributed by atoms with E-state index in [-0.39, 0.29) is 44.4 Å². The first-order chi connectivity index (χ1) is 7.43. The first-order valence-corrected chi connectivity index (χ1v) is 5.73. The number of benzene rings is 1. The molecule has 0 aliphatic rings. The monoisotopic (exact) mass is 307 g/mol. The molecule has 91 valence electrons. The Kier molecular flexibility index (Phi) is 7.38. The van der Waals surface area contributed by atoms with Crippen LogP contribution in [0.4, 0.5) is 0 Å². The van der Waals surface area contributed by atoms with Crippen molar-refractivity contribution in [3.63, 3.8) is 0 Å². The molecule has 0 unspecified atom stereocenters. The van der Waals surface area contributed by atoms with Gasteiger partial charge < -0.3 is 10.5 Å². The molecule has 1 aromatic carbocycles. The maximum atomic E-state index is 11.7. The van der Waals surface area contributed by atoms with Crippen molar-refractivity contribution in [3.05, 3.63) is 40.6 Å². The summed E-state index contributed by atoms with van der Waals surface area (Å²) in [5, 5.41) is 0. The third kappa shape index (κ3) is 4.61. The SMILES string of the molecule is Cc1cccc(C)c1C[C@@H]([NH-])C(=O)C(C)C.[Y]. The summed E-state index contributed by atoms with van der Waals surface area (Å²) in [6.45, 7) is 7.78. The minimum absolute atomic E-state index is 0. The van der Waals surface area contributed by atoms with Crippen LogP contribution < -0.4 is 0 Å². The zero-order valence-corrected chi connectivity index (χ0v) is 13.9. The molecule has 0 bridgehead atoms. The second-order valence-corrected chi connectivity index (χ2v) is 4.68. The van der Waals surface area contributed by atoms with Gasteiger partial charge in [-0.15, -0.1) is 0 Å². The van der Waals surface area contributed by atoms with Gasteiger partial charge in [-0.25, -0.2) is 0 Å². The van der Waals surface area contributed by atoms with Crippen molar-refractivity contribution in [2.75, 3.05) is 0 Å². The number of hydrogen-bond donors (Lipinski definition) is 0. The summed E-state index contributed by atoms with van der Waals surface area (Å²) < 4.78 is 0. The molecule has 1 atom stereocenters. The first kappa shape index (κ1) is 17.0.